The summed E-state index contributed by atoms with van der Waals surface area (Å²) in [5.41, 5.74) is 0.137. The molecule has 0 aliphatic carbocycles. The van der Waals surface area contributed by atoms with Crippen LogP contribution >= 0.6 is 0 Å². The molecular formula is C25H43BN2O7S. The van der Waals surface area contributed by atoms with Crippen molar-refractivity contribution in [3.8, 4) is 0 Å². The molecule has 0 saturated carbocycles. The van der Waals surface area contributed by atoms with Crippen molar-refractivity contribution >= 4 is 34.5 Å². The second-order valence-electron chi connectivity index (χ2n) is 9.36. The summed E-state index contributed by atoms with van der Waals surface area (Å²) in [5.74, 6) is -1.04. The number of amides is 1. The van der Waals surface area contributed by atoms with Gasteiger partial charge in [-0.1, -0.05) is 70.4 Å². The Hall–Kier alpha value is -1.95. The van der Waals surface area contributed by atoms with Gasteiger partial charge in [0.05, 0.1) is 10.8 Å². The van der Waals surface area contributed by atoms with Crippen LogP contribution in [0.2, 0.25) is 0 Å². The summed E-state index contributed by atoms with van der Waals surface area (Å²) >= 11 is 0. The standard InChI is InChI=1S/C25H43BN2O7S/c1-21(25(30)31)14-10-12-18-27-24(29)17-9-7-5-3-2-4-6-8-11-19-28-36(34,35)23-16-13-15-22(20-23)26(32)33/h13,15-16,20-21,28,32-33H,2-12,14,17-19H2,1H3,(H,27,29)(H,30,31)/t21-/m0/s1. The van der Waals surface area contributed by atoms with E-state index in [4.69, 9.17) is 5.11 Å². The van der Waals surface area contributed by atoms with Crippen LogP contribution in [0.5, 0.6) is 0 Å². The molecule has 1 aromatic carbocycles. The topological polar surface area (TPSA) is 153 Å². The molecule has 0 radical (unpaired) electrons. The largest absolute Gasteiger partial charge is 0.488 e. The molecule has 1 aromatic rings. The summed E-state index contributed by atoms with van der Waals surface area (Å²) in [5, 5.41) is 30.1. The van der Waals surface area contributed by atoms with Gasteiger partial charge < -0.3 is 20.5 Å². The van der Waals surface area contributed by atoms with E-state index in [0.29, 0.717) is 25.9 Å². The maximum Gasteiger partial charge on any atom is 0.488 e. The van der Waals surface area contributed by atoms with E-state index in [9.17, 15) is 28.1 Å². The monoisotopic (exact) mass is 526 g/mol. The van der Waals surface area contributed by atoms with Gasteiger partial charge in [0.1, 0.15) is 0 Å². The number of carboxylic acid groups (broad SMARTS) is 1. The van der Waals surface area contributed by atoms with Gasteiger partial charge in [0, 0.05) is 19.5 Å². The summed E-state index contributed by atoms with van der Waals surface area (Å²) in [6.07, 6.45) is 11.9. The summed E-state index contributed by atoms with van der Waals surface area (Å²) in [6.45, 7) is 2.65. The molecule has 0 fully saturated rings. The van der Waals surface area contributed by atoms with Crippen molar-refractivity contribution in [1.29, 1.82) is 0 Å². The molecule has 36 heavy (non-hydrogen) atoms. The van der Waals surface area contributed by atoms with Crippen molar-refractivity contribution in [2.75, 3.05) is 13.1 Å². The van der Waals surface area contributed by atoms with Crippen LogP contribution in [0.1, 0.15) is 90.4 Å². The van der Waals surface area contributed by atoms with E-state index in [-0.39, 0.29) is 22.2 Å². The molecule has 0 bridgehead atoms. The van der Waals surface area contributed by atoms with Gasteiger partial charge >= 0.3 is 13.1 Å². The summed E-state index contributed by atoms with van der Waals surface area (Å²) < 4.78 is 27.2. The van der Waals surface area contributed by atoms with Crippen LogP contribution in [0, 0.1) is 5.92 Å². The molecule has 11 heteroatoms. The molecule has 5 N–H and O–H groups in total. The fraction of sp³-hybridized carbons (Fsp3) is 0.680. The lowest BCUT2D eigenvalue weighted by Gasteiger charge is -2.08. The minimum Gasteiger partial charge on any atom is -0.481 e. The number of carbonyl (C=O) groups excluding carboxylic acids is 1. The highest BCUT2D eigenvalue weighted by atomic mass is 32.2. The first-order chi connectivity index (χ1) is 17.1. The smallest absolute Gasteiger partial charge is 0.481 e. The van der Waals surface area contributed by atoms with E-state index in [1.807, 2.05) is 0 Å². The van der Waals surface area contributed by atoms with Crippen molar-refractivity contribution in [1.82, 2.24) is 10.0 Å². The Kier molecular flexibility index (Phi) is 16.3. The van der Waals surface area contributed by atoms with Crippen molar-refractivity contribution < 1.29 is 33.2 Å². The van der Waals surface area contributed by atoms with Crippen LogP contribution in [-0.4, -0.2) is 55.7 Å². The Morgan fingerprint density at radius 1 is 0.889 bits per heavy atom. The number of unbranched alkanes of at least 4 members (excludes halogenated alkanes) is 9. The first-order valence-electron chi connectivity index (χ1n) is 13.1. The lowest BCUT2D eigenvalue weighted by atomic mass is 9.81. The van der Waals surface area contributed by atoms with E-state index < -0.39 is 23.1 Å². The van der Waals surface area contributed by atoms with Gasteiger partial charge in [-0.2, -0.15) is 0 Å². The van der Waals surface area contributed by atoms with Gasteiger partial charge in [0.15, 0.2) is 0 Å². The maximum atomic E-state index is 12.3. The lowest BCUT2D eigenvalue weighted by Crippen LogP contribution is -2.32. The average molecular weight is 527 g/mol. The highest BCUT2D eigenvalue weighted by Crippen LogP contribution is 2.12. The zero-order valence-corrected chi connectivity index (χ0v) is 22.3. The number of nitrogens with one attached hydrogen (secondary N) is 2. The Labute approximate surface area is 216 Å². The Balaban J connectivity index is 1.95. The number of benzene rings is 1. The van der Waals surface area contributed by atoms with Crippen molar-refractivity contribution in [2.45, 2.75) is 95.3 Å². The number of rotatable bonds is 21. The molecule has 0 heterocycles. The minimum atomic E-state index is -3.67. The average Bonchev–Trinajstić information content (AvgIpc) is 2.84. The first-order valence-corrected chi connectivity index (χ1v) is 14.6. The zero-order valence-electron chi connectivity index (χ0n) is 21.5. The molecule has 0 saturated heterocycles. The van der Waals surface area contributed by atoms with E-state index >= 15 is 0 Å². The molecule has 1 rings (SSSR count). The number of carboxylic acids is 1. The SMILES string of the molecule is C[C@@H](CCCCNC(=O)CCCCCCCCCCCNS(=O)(=O)c1cccc(B(O)O)c1)C(=O)O. The quantitative estimate of drug-likeness (QED) is 0.122. The highest BCUT2D eigenvalue weighted by Gasteiger charge is 2.17. The number of sulfonamides is 1. The number of carbonyl (C=O) groups is 2. The molecule has 1 amide bonds. The zero-order chi connectivity index (χ0) is 26.8. The van der Waals surface area contributed by atoms with Gasteiger partial charge in [-0.15, -0.1) is 0 Å². The van der Waals surface area contributed by atoms with Crippen molar-refractivity contribution in [3.05, 3.63) is 24.3 Å². The van der Waals surface area contributed by atoms with Crippen LogP contribution in [0.3, 0.4) is 0 Å². The van der Waals surface area contributed by atoms with Crippen LogP contribution < -0.4 is 15.5 Å². The third-order valence-corrected chi connectivity index (χ3v) is 7.61. The van der Waals surface area contributed by atoms with Crippen LogP contribution in [0.4, 0.5) is 0 Å². The fourth-order valence-corrected chi connectivity index (χ4v) is 4.92. The van der Waals surface area contributed by atoms with Crippen molar-refractivity contribution in [3.63, 3.8) is 0 Å². The highest BCUT2D eigenvalue weighted by molar-refractivity contribution is 7.89. The third kappa shape index (κ3) is 14.6. The van der Waals surface area contributed by atoms with E-state index in [0.717, 1.165) is 70.6 Å². The normalized spacial score (nSPS) is 12.3. The summed E-state index contributed by atoms with van der Waals surface area (Å²) in [7, 11) is -5.37. The Morgan fingerprint density at radius 3 is 2.08 bits per heavy atom. The molecule has 0 spiro atoms. The molecular weight excluding hydrogens is 483 g/mol. The Bertz CT molecular complexity index is 881. The number of hydrogen-bond donors (Lipinski definition) is 5. The van der Waals surface area contributed by atoms with Gasteiger partial charge in [0.2, 0.25) is 15.9 Å². The summed E-state index contributed by atoms with van der Waals surface area (Å²) in [4.78, 5) is 22.6. The molecule has 9 nitrogen and oxygen atoms in total. The number of hydrogen-bond acceptors (Lipinski definition) is 6. The third-order valence-electron chi connectivity index (χ3n) is 6.15. The van der Waals surface area contributed by atoms with Gasteiger partial charge in [-0.25, -0.2) is 13.1 Å². The summed E-state index contributed by atoms with van der Waals surface area (Å²) in [6, 6.07) is 5.62. The predicted molar refractivity (Wildman–Crippen MR) is 141 cm³/mol. The van der Waals surface area contributed by atoms with Crippen molar-refractivity contribution in [2.24, 2.45) is 5.92 Å². The van der Waals surface area contributed by atoms with E-state index in [1.54, 1.807) is 6.92 Å². The lowest BCUT2D eigenvalue weighted by molar-refractivity contribution is -0.141. The van der Waals surface area contributed by atoms with Crippen LogP contribution in [-0.2, 0) is 19.6 Å². The first kappa shape index (κ1) is 32.1. The second kappa shape index (κ2) is 18.3. The molecule has 0 aliphatic heterocycles. The molecule has 0 aliphatic rings. The van der Waals surface area contributed by atoms with Gasteiger partial charge in [-0.3, -0.25) is 9.59 Å². The fourth-order valence-electron chi connectivity index (χ4n) is 3.80. The maximum absolute atomic E-state index is 12.3. The van der Waals surface area contributed by atoms with E-state index in [1.165, 1.54) is 24.3 Å². The molecule has 0 unspecified atom stereocenters. The van der Waals surface area contributed by atoms with Crippen LogP contribution in [0.15, 0.2) is 29.2 Å². The predicted octanol–water partition coefficient (Wildman–Crippen LogP) is 2.55. The Morgan fingerprint density at radius 2 is 1.47 bits per heavy atom. The molecule has 204 valence electrons. The minimum absolute atomic E-state index is 0.0215. The van der Waals surface area contributed by atoms with Crippen LogP contribution in [0.25, 0.3) is 0 Å². The molecule has 0 aromatic heterocycles. The second-order valence-corrected chi connectivity index (χ2v) is 11.1. The van der Waals surface area contributed by atoms with Gasteiger partial charge in [0.25, 0.3) is 0 Å². The number of aliphatic carboxylic acids is 1. The van der Waals surface area contributed by atoms with Gasteiger partial charge in [-0.05, 0) is 43.3 Å². The molecule has 1 atom stereocenters. The van der Waals surface area contributed by atoms with E-state index in [2.05, 4.69) is 10.0 Å².